The molecule has 0 aliphatic carbocycles. The van der Waals surface area contributed by atoms with Crippen LogP contribution in [0.1, 0.15) is 0 Å². The Morgan fingerprint density at radius 1 is 0.230 bits per heavy atom. The van der Waals surface area contributed by atoms with E-state index in [1.807, 2.05) is 36.4 Å². The quantitative estimate of drug-likeness (QED) is 0.145. The molecule has 4 heterocycles. The summed E-state index contributed by atoms with van der Waals surface area (Å²) in [5, 5.41) is 4.50. The standard InChI is InChI=1S/C68H44N6/c1-5-20-45(21-6-1)52-41-53(46-22-7-2-8-23-46)43-54(42-52)49-28-18-31-55(44-49)73-62-36-15-13-32-56(62)58-38-39-59-57-33-14-16-37-63(57)74(65(59)64(58)73)68-71-66(48-26-11-4-12-27-48)70-67(72-68)51-30-17-29-50(40-51)61-35-19-34-60(69-61)47-24-9-3-10-25-47/h1-44H. The number of benzene rings is 10. The summed E-state index contributed by atoms with van der Waals surface area (Å²) in [7, 11) is 0. The number of para-hydroxylation sites is 2. The maximum absolute atomic E-state index is 5.47. The zero-order valence-electron chi connectivity index (χ0n) is 40.1. The molecule has 10 aromatic carbocycles. The van der Waals surface area contributed by atoms with Crippen LogP contribution in [0, 0.1) is 0 Å². The summed E-state index contributed by atoms with van der Waals surface area (Å²) < 4.78 is 4.69. The summed E-state index contributed by atoms with van der Waals surface area (Å²) in [5.41, 5.74) is 17.8. The zero-order chi connectivity index (χ0) is 49.0. The first-order chi connectivity index (χ1) is 36.7. The van der Waals surface area contributed by atoms with Crippen LogP contribution in [0.4, 0.5) is 0 Å². The van der Waals surface area contributed by atoms with Crippen LogP contribution < -0.4 is 0 Å². The van der Waals surface area contributed by atoms with Crippen LogP contribution in [0.25, 0.3) is 134 Å². The van der Waals surface area contributed by atoms with Gasteiger partial charge < -0.3 is 4.57 Å². The van der Waals surface area contributed by atoms with Crippen LogP contribution in [-0.4, -0.2) is 29.1 Å². The lowest BCUT2D eigenvalue weighted by atomic mass is 9.93. The molecule has 6 nitrogen and oxygen atoms in total. The maximum Gasteiger partial charge on any atom is 0.238 e. The molecule has 0 fully saturated rings. The molecule has 0 atom stereocenters. The highest BCUT2D eigenvalue weighted by atomic mass is 15.2. The van der Waals surface area contributed by atoms with E-state index >= 15 is 0 Å². The lowest BCUT2D eigenvalue weighted by Crippen LogP contribution is -2.07. The van der Waals surface area contributed by atoms with E-state index in [4.69, 9.17) is 19.9 Å². The third-order valence-electron chi connectivity index (χ3n) is 14.1. The minimum atomic E-state index is 0.527. The topological polar surface area (TPSA) is 61.4 Å². The molecule has 0 spiro atoms. The Balaban J connectivity index is 0.997. The molecule has 14 rings (SSSR count). The van der Waals surface area contributed by atoms with E-state index in [1.165, 1.54) is 22.3 Å². The molecule has 0 unspecified atom stereocenters. The normalized spacial score (nSPS) is 11.5. The fourth-order valence-corrected chi connectivity index (χ4v) is 10.7. The molecule has 0 aliphatic heterocycles. The van der Waals surface area contributed by atoms with Gasteiger partial charge in [-0.3, -0.25) is 4.57 Å². The second kappa shape index (κ2) is 18.0. The van der Waals surface area contributed by atoms with Crippen LogP contribution in [0.5, 0.6) is 0 Å². The van der Waals surface area contributed by atoms with E-state index in [-0.39, 0.29) is 0 Å². The van der Waals surface area contributed by atoms with Crippen LogP contribution in [-0.2, 0) is 0 Å². The number of aromatic nitrogens is 6. The Kier molecular flexibility index (Phi) is 10.4. The summed E-state index contributed by atoms with van der Waals surface area (Å²) in [6.07, 6.45) is 0. The van der Waals surface area contributed by atoms with E-state index in [1.54, 1.807) is 0 Å². The van der Waals surface area contributed by atoms with Gasteiger partial charge in [0.2, 0.25) is 5.95 Å². The summed E-state index contributed by atoms with van der Waals surface area (Å²) in [6, 6.07) is 94.2. The molecule has 6 heteroatoms. The van der Waals surface area contributed by atoms with Gasteiger partial charge in [-0.15, -0.1) is 0 Å². The first-order valence-electron chi connectivity index (χ1n) is 25.0. The summed E-state index contributed by atoms with van der Waals surface area (Å²) in [6.45, 7) is 0. The number of hydrogen-bond acceptors (Lipinski definition) is 4. The van der Waals surface area contributed by atoms with Gasteiger partial charge >= 0.3 is 0 Å². The molecule has 0 radical (unpaired) electrons. The van der Waals surface area contributed by atoms with E-state index in [9.17, 15) is 0 Å². The molecular formula is C68H44N6. The Hall–Kier alpha value is -10.0. The fourth-order valence-electron chi connectivity index (χ4n) is 10.7. The first-order valence-corrected chi connectivity index (χ1v) is 25.0. The molecule has 0 bridgehead atoms. The Morgan fingerprint density at radius 2 is 0.649 bits per heavy atom. The summed E-state index contributed by atoms with van der Waals surface area (Å²) in [4.78, 5) is 21.2. The molecule has 0 amide bonds. The fraction of sp³-hybridized carbons (Fsp3) is 0. The van der Waals surface area contributed by atoms with Gasteiger partial charge in [0.25, 0.3) is 0 Å². The van der Waals surface area contributed by atoms with Crippen LogP contribution >= 0.6 is 0 Å². The van der Waals surface area contributed by atoms with Crippen molar-refractivity contribution in [1.29, 1.82) is 0 Å². The van der Waals surface area contributed by atoms with Gasteiger partial charge in [0.15, 0.2) is 11.6 Å². The smallest absolute Gasteiger partial charge is 0.238 e. The molecule has 0 saturated heterocycles. The van der Waals surface area contributed by atoms with Crippen molar-refractivity contribution >= 4 is 43.6 Å². The van der Waals surface area contributed by atoms with Gasteiger partial charge in [-0.2, -0.15) is 9.97 Å². The van der Waals surface area contributed by atoms with Crippen molar-refractivity contribution in [3.05, 3.63) is 267 Å². The Bertz CT molecular complexity index is 4350. The lowest BCUT2D eigenvalue weighted by Gasteiger charge is -2.15. The largest absolute Gasteiger partial charge is 0.307 e. The van der Waals surface area contributed by atoms with Crippen molar-refractivity contribution in [2.24, 2.45) is 0 Å². The average Bonchev–Trinajstić information content (AvgIpc) is 4.02. The third kappa shape index (κ3) is 7.52. The van der Waals surface area contributed by atoms with Crippen LogP contribution in [0.2, 0.25) is 0 Å². The van der Waals surface area contributed by atoms with Gasteiger partial charge in [0.05, 0.1) is 33.5 Å². The molecule has 74 heavy (non-hydrogen) atoms. The van der Waals surface area contributed by atoms with Crippen molar-refractivity contribution in [3.63, 3.8) is 0 Å². The SMILES string of the molecule is c1ccc(-c2cc(-c3ccccc3)cc(-c3cccc(-n4c5ccccc5c5ccc6c7ccccc7n(-c7nc(-c8ccccc8)nc(-c8cccc(-c9cccc(-c%10ccccc%10)n9)c8)n7)c6c54)c3)c2)cc1. The Morgan fingerprint density at radius 3 is 1.27 bits per heavy atom. The molecule has 4 aromatic heterocycles. The monoisotopic (exact) mass is 944 g/mol. The predicted molar refractivity (Wildman–Crippen MR) is 304 cm³/mol. The number of fused-ring (bicyclic) bond motifs is 7. The molecule has 346 valence electrons. The highest BCUT2D eigenvalue weighted by molar-refractivity contribution is 6.23. The average molecular weight is 945 g/mol. The van der Waals surface area contributed by atoms with Gasteiger partial charge in [-0.25, -0.2) is 9.97 Å². The van der Waals surface area contributed by atoms with E-state index in [0.29, 0.717) is 17.6 Å². The molecule has 0 saturated carbocycles. The van der Waals surface area contributed by atoms with Gasteiger partial charge in [-0.1, -0.05) is 206 Å². The third-order valence-corrected chi connectivity index (χ3v) is 14.1. The number of rotatable bonds is 9. The van der Waals surface area contributed by atoms with Gasteiger partial charge in [0, 0.05) is 49.5 Å². The van der Waals surface area contributed by atoms with E-state index < -0.39 is 0 Å². The molecular weight excluding hydrogens is 901 g/mol. The minimum absolute atomic E-state index is 0.527. The van der Waals surface area contributed by atoms with E-state index in [0.717, 1.165) is 94.1 Å². The number of nitrogens with zero attached hydrogens (tertiary/aromatic N) is 6. The molecule has 0 aliphatic rings. The van der Waals surface area contributed by atoms with Crippen molar-refractivity contribution in [2.45, 2.75) is 0 Å². The van der Waals surface area contributed by atoms with Crippen LogP contribution in [0.3, 0.4) is 0 Å². The van der Waals surface area contributed by atoms with Crippen molar-refractivity contribution < 1.29 is 0 Å². The second-order valence-corrected chi connectivity index (χ2v) is 18.6. The molecule has 0 N–H and O–H groups in total. The Labute approximate surface area is 427 Å². The second-order valence-electron chi connectivity index (χ2n) is 18.6. The van der Waals surface area contributed by atoms with Crippen LogP contribution in [0.15, 0.2) is 267 Å². The summed E-state index contributed by atoms with van der Waals surface area (Å²) in [5.74, 6) is 1.67. The molecule has 14 aromatic rings. The highest BCUT2D eigenvalue weighted by Crippen LogP contribution is 2.43. The van der Waals surface area contributed by atoms with Crippen molar-refractivity contribution in [3.8, 4) is 90.3 Å². The lowest BCUT2D eigenvalue weighted by molar-refractivity contribution is 0.953. The first kappa shape index (κ1) is 42.8. The van der Waals surface area contributed by atoms with Gasteiger partial charge in [-0.05, 0) is 94.0 Å². The van der Waals surface area contributed by atoms with Crippen molar-refractivity contribution in [2.75, 3.05) is 0 Å². The van der Waals surface area contributed by atoms with E-state index in [2.05, 4.69) is 240 Å². The summed E-state index contributed by atoms with van der Waals surface area (Å²) >= 11 is 0. The van der Waals surface area contributed by atoms with Crippen molar-refractivity contribution in [1.82, 2.24) is 29.1 Å². The maximum atomic E-state index is 5.47. The predicted octanol–water partition coefficient (Wildman–Crippen LogP) is 17.1. The number of pyridine rings is 1. The zero-order valence-corrected chi connectivity index (χ0v) is 40.1. The highest BCUT2D eigenvalue weighted by Gasteiger charge is 2.24. The van der Waals surface area contributed by atoms with Gasteiger partial charge in [0.1, 0.15) is 0 Å². The minimum Gasteiger partial charge on any atom is -0.307 e. The number of hydrogen-bond donors (Lipinski definition) is 0.